The fourth-order valence-electron chi connectivity index (χ4n) is 2.26. The zero-order valence-electron chi connectivity index (χ0n) is 13.2. The molecule has 0 unspecified atom stereocenters. The summed E-state index contributed by atoms with van der Waals surface area (Å²) in [6.07, 6.45) is 3.25. The molecule has 6 nitrogen and oxygen atoms in total. The van der Waals surface area contributed by atoms with Gasteiger partial charge < -0.3 is 10.1 Å². The number of amides is 1. The predicted octanol–water partition coefficient (Wildman–Crippen LogP) is 3.40. The van der Waals surface area contributed by atoms with E-state index in [4.69, 9.17) is 16.3 Å². The van der Waals surface area contributed by atoms with E-state index in [0.717, 1.165) is 11.1 Å². The molecule has 1 aromatic carbocycles. The molecule has 0 aliphatic heterocycles. The van der Waals surface area contributed by atoms with Crippen molar-refractivity contribution in [3.8, 4) is 16.9 Å². The highest BCUT2D eigenvalue weighted by molar-refractivity contribution is 6.32. The number of methoxy groups -OCH3 is 1. The van der Waals surface area contributed by atoms with Gasteiger partial charge in [0.15, 0.2) is 0 Å². The van der Waals surface area contributed by atoms with E-state index in [2.05, 4.69) is 15.4 Å². The van der Waals surface area contributed by atoms with E-state index >= 15 is 0 Å². The van der Waals surface area contributed by atoms with Gasteiger partial charge in [-0.1, -0.05) is 17.7 Å². The topological polar surface area (TPSA) is 69.0 Å². The number of halogens is 1. The summed E-state index contributed by atoms with van der Waals surface area (Å²) < 4.78 is 6.64. The Labute approximate surface area is 144 Å². The molecule has 7 heteroatoms. The first-order valence-corrected chi connectivity index (χ1v) is 7.55. The van der Waals surface area contributed by atoms with Crippen LogP contribution in [0.3, 0.4) is 0 Å². The first-order valence-electron chi connectivity index (χ1n) is 7.18. The molecule has 1 amide bonds. The van der Waals surface area contributed by atoms with Gasteiger partial charge in [-0.05, 0) is 35.9 Å². The van der Waals surface area contributed by atoms with Crippen molar-refractivity contribution >= 4 is 23.3 Å². The van der Waals surface area contributed by atoms with Crippen LogP contribution in [0.2, 0.25) is 5.02 Å². The number of anilines is 1. The lowest BCUT2D eigenvalue weighted by Gasteiger charge is -2.08. The Morgan fingerprint density at radius 1 is 1.21 bits per heavy atom. The van der Waals surface area contributed by atoms with Gasteiger partial charge in [-0.2, -0.15) is 5.10 Å². The minimum Gasteiger partial charge on any atom is -0.495 e. The zero-order chi connectivity index (χ0) is 17.1. The van der Waals surface area contributed by atoms with E-state index in [-0.39, 0.29) is 5.91 Å². The van der Waals surface area contributed by atoms with Crippen molar-refractivity contribution in [3.05, 3.63) is 59.5 Å². The van der Waals surface area contributed by atoms with Crippen LogP contribution in [0, 0.1) is 0 Å². The number of nitrogens with one attached hydrogen (secondary N) is 1. The number of aromatic nitrogens is 3. The lowest BCUT2D eigenvalue weighted by Crippen LogP contribution is -2.16. The number of carbonyl (C=O) groups is 1. The molecule has 1 N–H and O–H groups in total. The molecule has 0 saturated heterocycles. The molecule has 0 radical (unpaired) electrons. The second-order valence-corrected chi connectivity index (χ2v) is 5.48. The minimum atomic E-state index is -0.261. The number of benzene rings is 1. The third kappa shape index (κ3) is 3.23. The molecule has 0 aliphatic carbocycles. The largest absolute Gasteiger partial charge is 0.495 e. The average Bonchev–Trinajstić information content (AvgIpc) is 3.01. The molecule has 2 heterocycles. The van der Waals surface area contributed by atoms with Gasteiger partial charge in [-0.15, -0.1) is 0 Å². The maximum absolute atomic E-state index is 12.1. The fraction of sp³-hybridized carbons (Fsp3) is 0.118. The van der Waals surface area contributed by atoms with E-state index in [1.165, 1.54) is 4.68 Å². The SMILES string of the molecule is COc1ccc(-c2ccc(NC(=O)c3ccnn3C)nc2)cc1Cl. The molecule has 0 atom stereocenters. The summed E-state index contributed by atoms with van der Waals surface area (Å²) in [5.74, 6) is 0.820. The second kappa shape index (κ2) is 6.72. The molecular weight excluding hydrogens is 328 g/mol. The van der Waals surface area contributed by atoms with Crippen LogP contribution in [0.5, 0.6) is 5.75 Å². The number of rotatable bonds is 4. The van der Waals surface area contributed by atoms with Gasteiger partial charge in [0, 0.05) is 25.0 Å². The molecule has 0 bridgehead atoms. The summed E-state index contributed by atoms with van der Waals surface area (Å²) in [7, 11) is 3.28. The first kappa shape index (κ1) is 16.0. The van der Waals surface area contributed by atoms with E-state index in [0.29, 0.717) is 22.3 Å². The monoisotopic (exact) mass is 342 g/mol. The summed E-state index contributed by atoms with van der Waals surface area (Å²) in [6, 6.07) is 10.8. The van der Waals surface area contributed by atoms with E-state index in [1.54, 1.807) is 44.8 Å². The Kier molecular flexibility index (Phi) is 4.48. The highest BCUT2D eigenvalue weighted by Gasteiger charge is 2.11. The molecule has 3 aromatic rings. The number of carbonyl (C=O) groups excluding carboxylic acids is 1. The first-order chi connectivity index (χ1) is 11.6. The van der Waals surface area contributed by atoms with E-state index in [9.17, 15) is 4.79 Å². The Morgan fingerprint density at radius 3 is 2.58 bits per heavy atom. The molecule has 0 saturated carbocycles. The Hall–Kier alpha value is -2.86. The highest BCUT2D eigenvalue weighted by Crippen LogP contribution is 2.30. The number of hydrogen-bond donors (Lipinski definition) is 1. The summed E-state index contributed by atoms with van der Waals surface area (Å²) in [4.78, 5) is 16.4. The lowest BCUT2D eigenvalue weighted by atomic mass is 10.1. The van der Waals surface area contributed by atoms with Crippen molar-refractivity contribution in [3.63, 3.8) is 0 Å². The van der Waals surface area contributed by atoms with Crippen LogP contribution in [0.4, 0.5) is 5.82 Å². The van der Waals surface area contributed by atoms with E-state index in [1.807, 2.05) is 18.2 Å². The van der Waals surface area contributed by atoms with Crippen LogP contribution in [0.1, 0.15) is 10.5 Å². The molecule has 2 aromatic heterocycles. The van der Waals surface area contributed by atoms with Crippen molar-refractivity contribution in [1.29, 1.82) is 0 Å². The van der Waals surface area contributed by atoms with Gasteiger partial charge in [-0.25, -0.2) is 4.98 Å². The number of aryl methyl sites for hydroxylation is 1. The molecule has 0 aliphatic rings. The predicted molar refractivity (Wildman–Crippen MR) is 92.4 cm³/mol. The molecule has 0 fully saturated rings. The summed E-state index contributed by atoms with van der Waals surface area (Å²) in [6.45, 7) is 0. The van der Waals surface area contributed by atoms with E-state index < -0.39 is 0 Å². The fourth-order valence-corrected chi connectivity index (χ4v) is 2.52. The smallest absolute Gasteiger partial charge is 0.275 e. The number of hydrogen-bond acceptors (Lipinski definition) is 4. The Bertz CT molecular complexity index is 875. The summed E-state index contributed by atoms with van der Waals surface area (Å²) >= 11 is 6.14. The Morgan fingerprint density at radius 2 is 2.00 bits per heavy atom. The number of ether oxygens (including phenoxy) is 1. The highest BCUT2D eigenvalue weighted by atomic mass is 35.5. The maximum atomic E-state index is 12.1. The normalized spacial score (nSPS) is 10.5. The van der Waals surface area contributed by atoms with Crippen LogP contribution in [0.15, 0.2) is 48.8 Å². The summed E-state index contributed by atoms with van der Waals surface area (Å²) in [5, 5.41) is 7.24. The second-order valence-electron chi connectivity index (χ2n) is 5.08. The van der Waals surface area contributed by atoms with Crippen molar-refractivity contribution in [2.75, 3.05) is 12.4 Å². The summed E-state index contributed by atoms with van der Waals surface area (Å²) in [5.41, 5.74) is 2.26. The van der Waals surface area contributed by atoms with Gasteiger partial charge in [0.25, 0.3) is 5.91 Å². The third-order valence-corrected chi connectivity index (χ3v) is 3.84. The van der Waals surface area contributed by atoms with Crippen LogP contribution in [-0.4, -0.2) is 27.8 Å². The third-order valence-electron chi connectivity index (χ3n) is 3.54. The lowest BCUT2D eigenvalue weighted by molar-refractivity contribution is 0.101. The molecule has 24 heavy (non-hydrogen) atoms. The van der Waals surface area contributed by atoms with Gasteiger partial charge in [0.1, 0.15) is 17.3 Å². The van der Waals surface area contributed by atoms with Crippen molar-refractivity contribution < 1.29 is 9.53 Å². The maximum Gasteiger partial charge on any atom is 0.275 e. The quantitative estimate of drug-likeness (QED) is 0.789. The van der Waals surface area contributed by atoms with Crippen LogP contribution in [0.25, 0.3) is 11.1 Å². The average molecular weight is 343 g/mol. The molecular formula is C17H15ClN4O2. The number of nitrogens with zero attached hydrogens (tertiary/aromatic N) is 3. The standard InChI is InChI=1S/C17H15ClN4O2/c1-22-14(7-8-20-22)17(23)21-16-6-4-12(10-19-16)11-3-5-15(24-2)13(18)9-11/h3-10H,1-2H3,(H,19,21,23). The minimum absolute atomic E-state index is 0.261. The van der Waals surface area contributed by atoms with Crippen molar-refractivity contribution in [2.24, 2.45) is 7.05 Å². The zero-order valence-corrected chi connectivity index (χ0v) is 13.9. The molecule has 3 rings (SSSR count). The Balaban J connectivity index is 1.77. The van der Waals surface area contributed by atoms with Crippen LogP contribution >= 0.6 is 11.6 Å². The van der Waals surface area contributed by atoms with Crippen LogP contribution in [-0.2, 0) is 7.05 Å². The van der Waals surface area contributed by atoms with Gasteiger partial charge in [0.05, 0.1) is 12.1 Å². The van der Waals surface area contributed by atoms with Crippen molar-refractivity contribution in [2.45, 2.75) is 0 Å². The van der Waals surface area contributed by atoms with Gasteiger partial charge in [0.2, 0.25) is 0 Å². The van der Waals surface area contributed by atoms with Crippen molar-refractivity contribution in [1.82, 2.24) is 14.8 Å². The van der Waals surface area contributed by atoms with Crippen LogP contribution < -0.4 is 10.1 Å². The number of pyridine rings is 1. The molecule has 0 spiro atoms. The molecule has 122 valence electrons. The van der Waals surface area contributed by atoms with Gasteiger partial charge in [-0.3, -0.25) is 9.48 Å². The van der Waals surface area contributed by atoms with Gasteiger partial charge >= 0.3 is 0 Å².